The van der Waals surface area contributed by atoms with Crippen molar-refractivity contribution in [2.75, 3.05) is 25.5 Å². The molecule has 0 atom stereocenters. The highest BCUT2D eigenvalue weighted by Gasteiger charge is 2.15. The quantitative estimate of drug-likeness (QED) is 0.405. The van der Waals surface area contributed by atoms with E-state index in [1.165, 1.54) is 7.05 Å². The van der Waals surface area contributed by atoms with Crippen molar-refractivity contribution in [1.29, 1.82) is 0 Å². The Bertz CT molecular complexity index is 809. The second kappa shape index (κ2) is 9.18. The summed E-state index contributed by atoms with van der Waals surface area (Å²) in [5.41, 5.74) is 0.527. The Hall–Kier alpha value is -2.62. The summed E-state index contributed by atoms with van der Waals surface area (Å²) in [4.78, 5) is 20.1. The first kappa shape index (κ1) is 19.7. The fraction of sp³-hybridized carbons (Fsp3) is 0.312. The Morgan fingerprint density at radius 1 is 1.23 bits per heavy atom. The molecule has 0 bridgehead atoms. The van der Waals surface area contributed by atoms with Gasteiger partial charge in [-0.1, -0.05) is 0 Å². The Morgan fingerprint density at radius 3 is 2.65 bits per heavy atom. The van der Waals surface area contributed by atoms with E-state index in [1.807, 2.05) is 12.3 Å². The molecule has 6 nitrogen and oxygen atoms in total. The number of guanidine groups is 1. The molecule has 0 radical (unpaired) electrons. The van der Waals surface area contributed by atoms with Crippen LogP contribution in [0, 0.1) is 24.4 Å². The van der Waals surface area contributed by atoms with Crippen molar-refractivity contribution >= 4 is 28.9 Å². The predicted octanol–water partition coefficient (Wildman–Crippen LogP) is 2.22. The molecule has 0 unspecified atom stereocenters. The van der Waals surface area contributed by atoms with Crippen molar-refractivity contribution in [3.8, 4) is 0 Å². The minimum Gasteiger partial charge on any atom is -0.356 e. The van der Waals surface area contributed by atoms with Gasteiger partial charge in [-0.25, -0.2) is 18.2 Å². The maximum Gasteiger partial charge on any atom is 0.243 e. The summed E-state index contributed by atoms with van der Waals surface area (Å²) in [5.74, 6) is -4.66. The van der Waals surface area contributed by atoms with Crippen LogP contribution in [0.5, 0.6) is 0 Å². The highest BCUT2D eigenvalue weighted by molar-refractivity contribution is 7.09. The average molecular weight is 385 g/mol. The average Bonchev–Trinajstić information content (AvgIpc) is 3.03. The number of aliphatic imine (C=N–C) groups is 1. The fourth-order valence-electron chi connectivity index (χ4n) is 2.03. The van der Waals surface area contributed by atoms with Crippen LogP contribution in [-0.4, -0.2) is 37.0 Å². The van der Waals surface area contributed by atoms with E-state index in [2.05, 4.69) is 25.9 Å². The lowest BCUT2D eigenvalue weighted by molar-refractivity contribution is -0.115. The van der Waals surface area contributed by atoms with Crippen LogP contribution in [0.2, 0.25) is 0 Å². The number of hydrogen-bond acceptors (Lipinski definition) is 4. The van der Waals surface area contributed by atoms with E-state index < -0.39 is 29.0 Å². The number of carbonyl (C=O) groups is 1. The molecule has 0 saturated carbocycles. The molecule has 1 aromatic carbocycles. The van der Waals surface area contributed by atoms with E-state index in [4.69, 9.17) is 0 Å². The zero-order valence-corrected chi connectivity index (χ0v) is 15.0. The van der Waals surface area contributed by atoms with Crippen molar-refractivity contribution in [3.05, 3.63) is 45.7 Å². The predicted molar refractivity (Wildman–Crippen MR) is 94.9 cm³/mol. The smallest absolute Gasteiger partial charge is 0.243 e. The number of nitrogens with zero attached hydrogens (tertiary/aromatic N) is 2. The summed E-state index contributed by atoms with van der Waals surface area (Å²) >= 11 is 1.57. The van der Waals surface area contributed by atoms with Gasteiger partial charge in [0.05, 0.1) is 22.9 Å². The lowest BCUT2D eigenvalue weighted by atomic mass is 10.2. The number of hydrogen-bond donors (Lipinski definition) is 3. The normalized spacial score (nSPS) is 11.3. The fourth-order valence-corrected chi connectivity index (χ4v) is 2.68. The Balaban J connectivity index is 1.78. The van der Waals surface area contributed by atoms with Crippen molar-refractivity contribution in [1.82, 2.24) is 15.6 Å². The van der Waals surface area contributed by atoms with Gasteiger partial charge >= 0.3 is 0 Å². The Kier molecular flexibility index (Phi) is 6.96. The van der Waals surface area contributed by atoms with Crippen molar-refractivity contribution in [2.45, 2.75) is 13.3 Å². The van der Waals surface area contributed by atoms with Crippen molar-refractivity contribution in [3.63, 3.8) is 0 Å². The maximum absolute atomic E-state index is 13.5. The SMILES string of the molecule is CN=C(NCCc1csc(C)n1)NCC(=O)Nc1ccc(F)c(F)c1F. The number of thiazole rings is 1. The van der Waals surface area contributed by atoms with Gasteiger partial charge in [0.2, 0.25) is 5.91 Å². The summed E-state index contributed by atoms with van der Waals surface area (Å²) in [5, 5.41) is 10.9. The summed E-state index contributed by atoms with van der Waals surface area (Å²) in [6, 6.07) is 1.69. The summed E-state index contributed by atoms with van der Waals surface area (Å²) in [6.45, 7) is 2.26. The Morgan fingerprint density at radius 2 is 2.00 bits per heavy atom. The molecule has 0 aliphatic rings. The van der Waals surface area contributed by atoms with Crippen LogP contribution in [0.15, 0.2) is 22.5 Å². The molecule has 0 spiro atoms. The number of aromatic nitrogens is 1. The van der Waals surface area contributed by atoms with E-state index >= 15 is 0 Å². The minimum absolute atomic E-state index is 0.228. The number of amides is 1. The largest absolute Gasteiger partial charge is 0.356 e. The van der Waals surface area contributed by atoms with Crippen LogP contribution in [0.3, 0.4) is 0 Å². The van der Waals surface area contributed by atoms with Gasteiger partial charge in [-0.3, -0.25) is 9.79 Å². The number of aryl methyl sites for hydroxylation is 1. The Labute approximate surface area is 152 Å². The summed E-state index contributed by atoms with van der Waals surface area (Å²) in [6.07, 6.45) is 0.692. The monoisotopic (exact) mass is 385 g/mol. The molecule has 26 heavy (non-hydrogen) atoms. The molecule has 10 heteroatoms. The van der Waals surface area contributed by atoms with Gasteiger partial charge in [-0.2, -0.15) is 0 Å². The number of benzene rings is 1. The molecule has 1 aromatic heterocycles. The number of carbonyl (C=O) groups excluding carboxylic acids is 1. The van der Waals surface area contributed by atoms with Gasteiger partial charge in [-0.15, -0.1) is 11.3 Å². The van der Waals surface area contributed by atoms with Crippen LogP contribution in [0.1, 0.15) is 10.7 Å². The minimum atomic E-state index is -1.63. The van der Waals surface area contributed by atoms with Gasteiger partial charge in [0.1, 0.15) is 0 Å². The van der Waals surface area contributed by atoms with E-state index in [-0.39, 0.29) is 6.54 Å². The molecule has 1 heterocycles. The van der Waals surface area contributed by atoms with E-state index in [0.717, 1.165) is 22.8 Å². The van der Waals surface area contributed by atoms with Gasteiger partial charge < -0.3 is 16.0 Å². The van der Waals surface area contributed by atoms with Gasteiger partial charge in [0, 0.05) is 25.4 Å². The summed E-state index contributed by atoms with van der Waals surface area (Å²) < 4.78 is 39.5. The lowest BCUT2D eigenvalue weighted by Crippen LogP contribution is -2.42. The number of nitrogens with one attached hydrogen (secondary N) is 3. The third-order valence-electron chi connectivity index (χ3n) is 3.29. The third kappa shape index (κ3) is 5.45. The van der Waals surface area contributed by atoms with E-state index in [9.17, 15) is 18.0 Å². The third-order valence-corrected chi connectivity index (χ3v) is 4.11. The molecule has 3 N–H and O–H groups in total. The maximum atomic E-state index is 13.5. The molecule has 2 aromatic rings. The zero-order chi connectivity index (χ0) is 19.1. The highest BCUT2D eigenvalue weighted by atomic mass is 32.1. The molecular weight excluding hydrogens is 367 g/mol. The molecule has 0 aliphatic heterocycles. The van der Waals surface area contributed by atoms with E-state index in [1.54, 1.807) is 11.3 Å². The van der Waals surface area contributed by atoms with Crippen LogP contribution < -0.4 is 16.0 Å². The number of anilines is 1. The molecule has 140 valence electrons. The first-order chi connectivity index (χ1) is 12.4. The van der Waals surface area contributed by atoms with Crippen LogP contribution in [0.4, 0.5) is 18.9 Å². The topological polar surface area (TPSA) is 78.4 Å². The van der Waals surface area contributed by atoms with Crippen molar-refractivity contribution in [2.24, 2.45) is 4.99 Å². The lowest BCUT2D eigenvalue weighted by Gasteiger charge is -2.12. The standard InChI is InChI=1S/C16H18F3N5OS/c1-9-23-10(8-26-9)5-6-21-16(20-2)22-7-13(25)24-12-4-3-11(17)14(18)15(12)19/h3-4,8H,5-7H2,1-2H3,(H,24,25)(H2,20,21,22). The zero-order valence-electron chi connectivity index (χ0n) is 14.2. The molecular formula is C16H18F3N5OS. The van der Waals surface area contributed by atoms with Crippen molar-refractivity contribution < 1.29 is 18.0 Å². The van der Waals surface area contributed by atoms with Crippen LogP contribution in [0.25, 0.3) is 0 Å². The van der Waals surface area contributed by atoms with Crippen LogP contribution in [-0.2, 0) is 11.2 Å². The molecule has 0 saturated heterocycles. The second-order valence-electron chi connectivity index (χ2n) is 5.23. The van der Waals surface area contributed by atoms with Gasteiger partial charge in [0.15, 0.2) is 23.4 Å². The second-order valence-corrected chi connectivity index (χ2v) is 6.29. The van der Waals surface area contributed by atoms with Crippen LogP contribution >= 0.6 is 11.3 Å². The molecule has 0 aliphatic carbocycles. The first-order valence-electron chi connectivity index (χ1n) is 7.69. The number of halogens is 3. The van der Waals surface area contributed by atoms with Gasteiger partial charge in [-0.05, 0) is 19.1 Å². The first-order valence-corrected chi connectivity index (χ1v) is 8.57. The molecule has 1 amide bonds. The van der Waals surface area contributed by atoms with Gasteiger partial charge in [0.25, 0.3) is 0 Å². The molecule has 0 fully saturated rings. The number of rotatable bonds is 6. The van der Waals surface area contributed by atoms with E-state index in [0.29, 0.717) is 18.9 Å². The summed E-state index contributed by atoms with van der Waals surface area (Å²) in [7, 11) is 1.54. The molecule has 2 rings (SSSR count). The highest BCUT2D eigenvalue weighted by Crippen LogP contribution is 2.19.